The molecule has 0 aliphatic carbocycles. The van der Waals surface area contributed by atoms with E-state index in [1.165, 1.54) is 5.56 Å². The fourth-order valence-electron chi connectivity index (χ4n) is 3.82. The second kappa shape index (κ2) is 7.56. The fourth-order valence-corrected chi connectivity index (χ4v) is 3.82. The Balaban J connectivity index is 1.54. The normalized spacial score (nSPS) is 22.7. The molecule has 1 aromatic rings. The van der Waals surface area contributed by atoms with Crippen molar-refractivity contribution in [2.75, 3.05) is 32.7 Å². The highest BCUT2D eigenvalue weighted by atomic mass is 16.2. The highest BCUT2D eigenvalue weighted by Gasteiger charge is 2.37. The van der Waals surface area contributed by atoms with E-state index < -0.39 is 0 Å². The predicted molar refractivity (Wildman–Crippen MR) is 94.6 cm³/mol. The lowest BCUT2D eigenvalue weighted by Gasteiger charge is -2.25. The van der Waals surface area contributed by atoms with Gasteiger partial charge in [-0.25, -0.2) is 0 Å². The number of hydrogen-bond acceptors (Lipinski definition) is 4. The summed E-state index contributed by atoms with van der Waals surface area (Å²) in [5, 5.41) is 4.22. The van der Waals surface area contributed by atoms with Crippen molar-refractivity contribution in [3.05, 3.63) is 18.0 Å². The summed E-state index contributed by atoms with van der Waals surface area (Å²) >= 11 is 0. The molecule has 7 nitrogen and oxygen atoms in total. The Morgan fingerprint density at radius 3 is 2.72 bits per heavy atom. The zero-order valence-corrected chi connectivity index (χ0v) is 15.5. The lowest BCUT2D eigenvalue weighted by Crippen LogP contribution is -2.40. The van der Waals surface area contributed by atoms with E-state index in [1.807, 2.05) is 47.8 Å². The predicted octanol–water partition coefficient (Wildman–Crippen LogP) is 0.711. The molecule has 2 aliphatic heterocycles. The summed E-state index contributed by atoms with van der Waals surface area (Å²) in [4.78, 5) is 31.1. The van der Waals surface area contributed by atoms with E-state index in [0.29, 0.717) is 13.0 Å². The molecule has 0 unspecified atom stereocenters. The van der Waals surface area contributed by atoms with Gasteiger partial charge in [0.2, 0.25) is 11.8 Å². The average Bonchev–Trinajstić information content (AvgIpc) is 3.06. The van der Waals surface area contributed by atoms with E-state index >= 15 is 0 Å². The molecule has 25 heavy (non-hydrogen) atoms. The summed E-state index contributed by atoms with van der Waals surface area (Å²) in [5.74, 6) is 0.0980. The third kappa shape index (κ3) is 4.21. The lowest BCUT2D eigenvalue weighted by atomic mass is 10.1. The van der Waals surface area contributed by atoms with Gasteiger partial charge in [0.05, 0.1) is 12.1 Å². The highest BCUT2D eigenvalue weighted by molar-refractivity contribution is 5.89. The van der Waals surface area contributed by atoms with Crippen LogP contribution in [0.4, 0.5) is 0 Å². The first-order chi connectivity index (χ1) is 11.9. The van der Waals surface area contributed by atoms with Crippen molar-refractivity contribution in [3.8, 4) is 0 Å². The molecule has 0 saturated carbocycles. The van der Waals surface area contributed by atoms with Crippen LogP contribution in [-0.2, 0) is 23.2 Å². The van der Waals surface area contributed by atoms with E-state index in [-0.39, 0.29) is 23.8 Å². The van der Waals surface area contributed by atoms with Gasteiger partial charge in [-0.1, -0.05) is 0 Å². The molecule has 7 heteroatoms. The molecule has 2 saturated heterocycles. The molecular formula is C18H29N5O2. The Morgan fingerprint density at radius 1 is 1.28 bits per heavy atom. The third-order valence-corrected chi connectivity index (χ3v) is 5.20. The largest absolute Gasteiger partial charge is 0.341 e. The number of nitrogens with zero attached hydrogens (tertiary/aromatic N) is 5. The standard InChI is InChI=1S/C18H29N5O2/c1-14(2)23-13-16(9-17(23)24)18(25)22-6-4-5-21(7-8-22)12-15-10-19-20(3)11-15/h10-11,14,16H,4-9,12-13H2,1-3H3/t16-/m0/s1. The van der Waals surface area contributed by atoms with Crippen molar-refractivity contribution in [1.82, 2.24) is 24.5 Å². The van der Waals surface area contributed by atoms with Crippen LogP contribution in [0, 0.1) is 5.92 Å². The molecule has 3 rings (SSSR count). The molecule has 2 amide bonds. The maximum Gasteiger partial charge on any atom is 0.228 e. The van der Waals surface area contributed by atoms with Crippen molar-refractivity contribution in [2.45, 2.75) is 39.3 Å². The topological polar surface area (TPSA) is 61.7 Å². The van der Waals surface area contributed by atoms with Crippen LogP contribution in [0.1, 0.15) is 32.3 Å². The van der Waals surface area contributed by atoms with Gasteiger partial charge in [-0.05, 0) is 20.3 Å². The number of amides is 2. The number of carbonyl (C=O) groups is 2. The zero-order valence-electron chi connectivity index (χ0n) is 15.5. The number of likely N-dealkylation sites (tertiary alicyclic amines) is 1. The minimum absolute atomic E-state index is 0.112. The van der Waals surface area contributed by atoms with Crippen LogP contribution in [0.2, 0.25) is 0 Å². The van der Waals surface area contributed by atoms with E-state index in [1.54, 1.807) is 0 Å². The van der Waals surface area contributed by atoms with Crippen LogP contribution in [0.25, 0.3) is 0 Å². The van der Waals surface area contributed by atoms with Crippen LogP contribution >= 0.6 is 0 Å². The Morgan fingerprint density at radius 2 is 2.08 bits per heavy atom. The van der Waals surface area contributed by atoms with Crippen molar-refractivity contribution >= 4 is 11.8 Å². The van der Waals surface area contributed by atoms with Gasteiger partial charge < -0.3 is 9.80 Å². The van der Waals surface area contributed by atoms with Crippen molar-refractivity contribution in [1.29, 1.82) is 0 Å². The van der Waals surface area contributed by atoms with Crippen molar-refractivity contribution in [2.24, 2.45) is 13.0 Å². The molecule has 2 fully saturated rings. The highest BCUT2D eigenvalue weighted by Crippen LogP contribution is 2.23. The molecule has 2 aliphatic rings. The summed E-state index contributed by atoms with van der Waals surface area (Å²) in [5.41, 5.74) is 1.20. The monoisotopic (exact) mass is 347 g/mol. The summed E-state index contributed by atoms with van der Waals surface area (Å²) in [6.45, 7) is 8.85. The summed E-state index contributed by atoms with van der Waals surface area (Å²) in [7, 11) is 1.93. The quantitative estimate of drug-likeness (QED) is 0.805. The van der Waals surface area contributed by atoms with Crippen molar-refractivity contribution in [3.63, 3.8) is 0 Å². The third-order valence-electron chi connectivity index (χ3n) is 5.20. The molecule has 0 bridgehead atoms. The van der Waals surface area contributed by atoms with Crippen LogP contribution in [0.3, 0.4) is 0 Å². The van der Waals surface area contributed by atoms with Gasteiger partial charge in [0.1, 0.15) is 0 Å². The molecule has 1 atom stereocenters. The molecule has 0 N–H and O–H groups in total. The van der Waals surface area contributed by atoms with E-state index in [9.17, 15) is 9.59 Å². The first-order valence-electron chi connectivity index (χ1n) is 9.22. The van der Waals surface area contributed by atoms with Crippen LogP contribution in [-0.4, -0.2) is 75.1 Å². The molecule has 0 radical (unpaired) electrons. The minimum atomic E-state index is -0.167. The number of rotatable bonds is 4. The van der Waals surface area contributed by atoms with Gasteiger partial charge in [0.25, 0.3) is 0 Å². The molecule has 1 aromatic heterocycles. The maximum absolute atomic E-state index is 12.9. The van der Waals surface area contributed by atoms with Crippen LogP contribution < -0.4 is 0 Å². The molecule has 138 valence electrons. The lowest BCUT2D eigenvalue weighted by molar-refractivity contribution is -0.135. The SMILES string of the molecule is CC(C)N1C[C@@H](C(=O)N2CCCN(Cc3cnn(C)c3)CC2)CC1=O. The summed E-state index contributed by atoms with van der Waals surface area (Å²) in [6, 6.07) is 0.171. The van der Waals surface area contributed by atoms with Gasteiger partial charge in [0.15, 0.2) is 0 Å². The average molecular weight is 347 g/mol. The Kier molecular flexibility index (Phi) is 5.42. The van der Waals surface area contributed by atoms with Gasteiger partial charge >= 0.3 is 0 Å². The number of hydrogen-bond donors (Lipinski definition) is 0. The number of carbonyl (C=O) groups excluding carboxylic acids is 2. The van der Waals surface area contributed by atoms with Gasteiger partial charge in [0, 0.05) is 70.5 Å². The Hall–Kier alpha value is -1.89. The van der Waals surface area contributed by atoms with Crippen LogP contribution in [0.15, 0.2) is 12.4 Å². The zero-order chi connectivity index (χ0) is 18.0. The van der Waals surface area contributed by atoms with Crippen molar-refractivity contribution < 1.29 is 9.59 Å². The van der Waals surface area contributed by atoms with Gasteiger partial charge in [-0.3, -0.25) is 19.2 Å². The van der Waals surface area contributed by atoms with E-state index in [4.69, 9.17) is 0 Å². The Bertz CT molecular complexity index is 627. The van der Waals surface area contributed by atoms with Gasteiger partial charge in [-0.2, -0.15) is 5.10 Å². The fraction of sp³-hybridized carbons (Fsp3) is 0.722. The molecule has 0 spiro atoms. The summed E-state index contributed by atoms with van der Waals surface area (Å²) < 4.78 is 1.82. The second-order valence-corrected chi connectivity index (χ2v) is 7.52. The van der Waals surface area contributed by atoms with Crippen LogP contribution in [0.5, 0.6) is 0 Å². The van der Waals surface area contributed by atoms with E-state index in [2.05, 4.69) is 10.00 Å². The maximum atomic E-state index is 12.9. The Labute approximate surface area is 149 Å². The first kappa shape index (κ1) is 17.9. The minimum Gasteiger partial charge on any atom is -0.341 e. The number of aryl methyl sites for hydroxylation is 1. The summed E-state index contributed by atoms with van der Waals surface area (Å²) in [6.07, 6.45) is 5.28. The molecule has 0 aromatic carbocycles. The molecular weight excluding hydrogens is 318 g/mol. The molecule has 3 heterocycles. The van der Waals surface area contributed by atoms with E-state index in [0.717, 1.165) is 39.1 Å². The number of aromatic nitrogens is 2. The van der Waals surface area contributed by atoms with Gasteiger partial charge in [-0.15, -0.1) is 0 Å². The smallest absolute Gasteiger partial charge is 0.228 e. The second-order valence-electron chi connectivity index (χ2n) is 7.52. The first-order valence-corrected chi connectivity index (χ1v) is 9.22.